The first kappa shape index (κ1) is 14.9. The summed E-state index contributed by atoms with van der Waals surface area (Å²) in [4.78, 5) is 0. The van der Waals surface area contributed by atoms with Crippen molar-refractivity contribution in [1.29, 1.82) is 0 Å². The molecule has 5 heteroatoms. The number of methoxy groups -OCH3 is 2. The molecule has 112 valence electrons. The van der Waals surface area contributed by atoms with Crippen LogP contribution >= 0.6 is 22.6 Å². The third kappa shape index (κ3) is 2.45. The molecule has 4 nitrogen and oxygen atoms in total. The van der Waals surface area contributed by atoms with Crippen LogP contribution in [0.4, 0.5) is 0 Å². The minimum Gasteiger partial charge on any atom is -0.618 e. The lowest BCUT2D eigenvalue weighted by molar-refractivity contribution is -0.592. The average molecular weight is 407 g/mol. The van der Waals surface area contributed by atoms with Crippen LogP contribution < -0.4 is 14.2 Å². The van der Waals surface area contributed by atoms with E-state index in [1.54, 1.807) is 20.4 Å². The van der Waals surface area contributed by atoms with Crippen LogP contribution in [0.5, 0.6) is 11.5 Å². The Bertz CT molecular complexity index is 834. The maximum atomic E-state index is 12.4. The van der Waals surface area contributed by atoms with E-state index in [-0.39, 0.29) is 0 Å². The Morgan fingerprint density at radius 3 is 2.27 bits per heavy atom. The van der Waals surface area contributed by atoms with E-state index < -0.39 is 0 Å². The van der Waals surface area contributed by atoms with Gasteiger partial charge in [0.25, 0.3) is 0 Å². The number of ether oxygens (including phenoxy) is 2. The number of fused-ring (bicyclic) bond motifs is 1. The summed E-state index contributed by atoms with van der Waals surface area (Å²) in [7, 11) is 3.18. The summed E-state index contributed by atoms with van der Waals surface area (Å²) in [5.74, 6) is 1.26. The van der Waals surface area contributed by atoms with Crippen molar-refractivity contribution in [3.63, 3.8) is 0 Å². The first-order valence-electron chi connectivity index (χ1n) is 6.68. The largest absolute Gasteiger partial charge is 0.618 e. The molecular formula is C17H14INO3. The smallest absolute Gasteiger partial charge is 0.237 e. The van der Waals surface area contributed by atoms with Gasteiger partial charge in [-0.05, 0) is 46.9 Å². The minimum absolute atomic E-state index is 0.610. The van der Waals surface area contributed by atoms with Gasteiger partial charge in [0.05, 0.1) is 23.2 Å². The van der Waals surface area contributed by atoms with Gasteiger partial charge in [-0.1, -0.05) is 18.2 Å². The van der Waals surface area contributed by atoms with Gasteiger partial charge in [-0.2, -0.15) is 4.73 Å². The topological polar surface area (TPSA) is 45.4 Å². The zero-order valence-electron chi connectivity index (χ0n) is 12.2. The van der Waals surface area contributed by atoms with Gasteiger partial charge in [0, 0.05) is 10.9 Å². The molecule has 0 amide bonds. The maximum Gasteiger partial charge on any atom is 0.237 e. The van der Waals surface area contributed by atoms with Gasteiger partial charge in [-0.15, -0.1) is 0 Å². The fourth-order valence-corrected chi connectivity index (χ4v) is 3.47. The standard InChI is InChI=1S/C17H14INO3/c1-21-14-8-12-10-19(20)17(11-6-4-3-5-7-11)16(18)13(12)9-15(14)22-2/h3-10H,1-2H3. The highest BCUT2D eigenvalue weighted by Crippen LogP contribution is 2.36. The highest BCUT2D eigenvalue weighted by molar-refractivity contribution is 14.1. The molecule has 0 atom stereocenters. The summed E-state index contributed by atoms with van der Waals surface area (Å²) in [6, 6.07) is 13.4. The summed E-state index contributed by atoms with van der Waals surface area (Å²) >= 11 is 2.21. The molecule has 0 unspecified atom stereocenters. The molecule has 0 fully saturated rings. The summed E-state index contributed by atoms with van der Waals surface area (Å²) in [5, 5.41) is 14.2. The summed E-state index contributed by atoms with van der Waals surface area (Å²) in [6.07, 6.45) is 1.57. The molecule has 3 rings (SSSR count). The molecule has 0 bridgehead atoms. The summed E-state index contributed by atoms with van der Waals surface area (Å²) in [5.41, 5.74) is 1.53. The third-order valence-corrected chi connectivity index (χ3v) is 4.62. The van der Waals surface area contributed by atoms with Crippen molar-refractivity contribution in [3.05, 3.63) is 57.4 Å². The van der Waals surface area contributed by atoms with Crippen molar-refractivity contribution in [3.8, 4) is 22.8 Å². The molecule has 0 saturated heterocycles. The van der Waals surface area contributed by atoms with E-state index in [4.69, 9.17) is 9.47 Å². The Labute approximate surface area is 142 Å². The predicted octanol–water partition coefficient (Wildman–Crippen LogP) is 3.76. The number of nitrogens with zero attached hydrogens (tertiary/aromatic N) is 1. The van der Waals surface area contributed by atoms with Crippen LogP contribution in [0.3, 0.4) is 0 Å². The van der Waals surface area contributed by atoms with Gasteiger partial charge < -0.3 is 14.7 Å². The SMILES string of the molecule is COc1cc2c[n+]([O-])c(-c3ccccc3)c(I)c2cc1OC. The van der Waals surface area contributed by atoms with E-state index in [2.05, 4.69) is 22.6 Å². The quantitative estimate of drug-likeness (QED) is 0.377. The molecule has 0 N–H and O–H groups in total. The molecule has 2 aromatic carbocycles. The van der Waals surface area contributed by atoms with E-state index in [0.29, 0.717) is 17.2 Å². The molecule has 0 spiro atoms. The molecular weight excluding hydrogens is 393 g/mol. The highest BCUT2D eigenvalue weighted by atomic mass is 127. The number of hydrogen-bond donors (Lipinski definition) is 0. The Balaban J connectivity index is 2.33. The lowest BCUT2D eigenvalue weighted by Crippen LogP contribution is -2.29. The first-order chi connectivity index (χ1) is 10.7. The fourth-order valence-electron chi connectivity index (χ4n) is 2.46. The van der Waals surface area contributed by atoms with E-state index in [0.717, 1.165) is 24.6 Å². The molecule has 22 heavy (non-hydrogen) atoms. The molecule has 0 aliphatic rings. The number of halogens is 1. The van der Waals surface area contributed by atoms with E-state index in [9.17, 15) is 5.21 Å². The Morgan fingerprint density at radius 2 is 1.64 bits per heavy atom. The van der Waals surface area contributed by atoms with Crippen LogP contribution in [0.25, 0.3) is 22.0 Å². The number of benzene rings is 2. The predicted molar refractivity (Wildman–Crippen MR) is 94.2 cm³/mol. The van der Waals surface area contributed by atoms with E-state index in [1.165, 1.54) is 0 Å². The van der Waals surface area contributed by atoms with Crippen molar-refractivity contribution in [2.45, 2.75) is 0 Å². The van der Waals surface area contributed by atoms with Crippen LogP contribution in [0.1, 0.15) is 0 Å². The number of hydrogen-bond acceptors (Lipinski definition) is 3. The van der Waals surface area contributed by atoms with Gasteiger partial charge in [0.15, 0.2) is 17.7 Å². The second-order valence-corrected chi connectivity index (χ2v) is 5.86. The molecule has 1 heterocycles. The number of rotatable bonds is 3. The van der Waals surface area contributed by atoms with Crippen molar-refractivity contribution in [2.24, 2.45) is 0 Å². The lowest BCUT2D eigenvalue weighted by atomic mass is 10.1. The second-order valence-electron chi connectivity index (χ2n) is 4.78. The van der Waals surface area contributed by atoms with Crippen LogP contribution in [-0.2, 0) is 0 Å². The number of aromatic nitrogens is 1. The van der Waals surface area contributed by atoms with Gasteiger partial charge in [0.1, 0.15) is 0 Å². The Kier molecular flexibility index (Phi) is 4.06. The van der Waals surface area contributed by atoms with Crippen molar-refractivity contribution < 1.29 is 14.2 Å². The second kappa shape index (κ2) is 6.00. The van der Waals surface area contributed by atoms with Gasteiger partial charge in [-0.3, -0.25) is 0 Å². The normalized spacial score (nSPS) is 10.7. The van der Waals surface area contributed by atoms with Crippen LogP contribution in [-0.4, -0.2) is 14.2 Å². The van der Waals surface area contributed by atoms with Crippen molar-refractivity contribution in [1.82, 2.24) is 0 Å². The minimum atomic E-state index is 0.610. The van der Waals surface area contributed by atoms with Crippen LogP contribution in [0.2, 0.25) is 0 Å². The Hall–Kier alpha value is -2.02. The van der Waals surface area contributed by atoms with Crippen LogP contribution in [0.15, 0.2) is 48.7 Å². The van der Waals surface area contributed by atoms with Crippen LogP contribution in [0, 0.1) is 8.78 Å². The van der Waals surface area contributed by atoms with Gasteiger partial charge in [-0.25, -0.2) is 0 Å². The third-order valence-electron chi connectivity index (χ3n) is 3.52. The lowest BCUT2D eigenvalue weighted by Gasteiger charge is -2.13. The molecule has 0 aliphatic carbocycles. The molecule has 0 radical (unpaired) electrons. The average Bonchev–Trinajstić information content (AvgIpc) is 2.54. The van der Waals surface area contributed by atoms with E-state index >= 15 is 0 Å². The van der Waals surface area contributed by atoms with Gasteiger partial charge in [0.2, 0.25) is 5.69 Å². The number of pyridine rings is 1. The first-order valence-corrected chi connectivity index (χ1v) is 7.76. The van der Waals surface area contributed by atoms with Gasteiger partial charge >= 0.3 is 0 Å². The van der Waals surface area contributed by atoms with Crippen molar-refractivity contribution >= 4 is 33.4 Å². The maximum absolute atomic E-state index is 12.4. The Morgan fingerprint density at radius 1 is 1.00 bits per heavy atom. The summed E-state index contributed by atoms with van der Waals surface area (Å²) in [6.45, 7) is 0. The molecule has 0 saturated carbocycles. The molecule has 3 aromatic rings. The van der Waals surface area contributed by atoms with Crippen molar-refractivity contribution in [2.75, 3.05) is 14.2 Å². The molecule has 1 aromatic heterocycles. The fraction of sp³-hybridized carbons (Fsp3) is 0.118. The monoisotopic (exact) mass is 407 g/mol. The summed E-state index contributed by atoms with van der Waals surface area (Å²) < 4.78 is 12.5. The highest BCUT2D eigenvalue weighted by Gasteiger charge is 2.19. The zero-order valence-corrected chi connectivity index (χ0v) is 14.3. The van der Waals surface area contributed by atoms with E-state index in [1.807, 2.05) is 42.5 Å². The zero-order chi connectivity index (χ0) is 15.7. The molecule has 0 aliphatic heterocycles.